The molecule has 6 nitrogen and oxygen atoms in total. The second-order valence-electron chi connectivity index (χ2n) is 7.27. The number of carbonyl (C=O) groups excluding carboxylic acids is 2. The Balaban J connectivity index is 1.45. The van der Waals surface area contributed by atoms with E-state index in [0.29, 0.717) is 25.3 Å². The standard InChI is InChI=1S/C17H29N3O3/c1-14-2-7-20(8-3-14)16(22)17(4-5-17)15(21)18-6-9-19-10-12-23-13-11-19/h14H,2-13H2,1H3,(H,18,21). The molecule has 1 aliphatic carbocycles. The summed E-state index contributed by atoms with van der Waals surface area (Å²) in [6, 6.07) is 0. The van der Waals surface area contributed by atoms with Crippen LogP contribution in [0.15, 0.2) is 0 Å². The van der Waals surface area contributed by atoms with Crippen molar-refractivity contribution in [3.8, 4) is 0 Å². The number of likely N-dealkylation sites (tertiary alicyclic amines) is 1. The number of rotatable bonds is 5. The number of nitrogens with one attached hydrogen (secondary N) is 1. The van der Waals surface area contributed by atoms with Gasteiger partial charge in [-0.15, -0.1) is 0 Å². The number of hydrogen-bond acceptors (Lipinski definition) is 4. The van der Waals surface area contributed by atoms with E-state index in [-0.39, 0.29) is 11.8 Å². The third kappa shape index (κ3) is 3.86. The number of morpholine rings is 1. The molecule has 2 aliphatic heterocycles. The monoisotopic (exact) mass is 323 g/mol. The van der Waals surface area contributed by atoms with E-state index >= 15 is 0 Å². The van der Waals surface area contributed by atoms with Crippen LogP contribution in [0.25, 0.3) is 0 Å². The van der Waals surface area contributed by atoms with Crippen molar-refractivity contribution in [2.75, 3.05) is 52.5 Å². The molecule has 3 fully saturated rings. The highest BCUT2D eigenvalue weighted by molar-refractivity contribution is 6.07. The summed E-state index contributed by atoms with van der Waals surface area (Å²) in [7, 11) is 0. The average molecular weight is 323 g/mol. The molecule has 130 valence electrons. The summed E-state index contributed by atoms with van der Waals surface area (Å²) in [5.74, 6) is 0.694. The Morgan fingerprint density at radius 1 is 1.13 bits per heavy atom. The van der Waals surface area contributed by atoms with Crippen molar-refractivity contribution < 1.29 is 14.3 Å². The van der Waals surface area contributed by atoms with Gasteiger partial charge in [0.05, 0.1) is 13.2 Å². The lowest BCUT2D eigenvalue weighted by Gasteiger charge is -2.33. The molecule has 1 saturated carbocycles. The quantitative estimate of drug-likeness (QED) is 0.747. The Kier molecular flexibility index (Phi) is 5.21. The lowest BCUT2D eigenvalue weighted by Crippen LogP contribution is -2.49. The molecule has 0 aromatic heterocycles. The highest BCUT2D eigenvalue weighted by Gasteiger charge is 2.57. The molecular formula is C17H29N3O3. The topological polar surface area (TPSA) is 61.9 Å². The van der Waals surface area contributed by atoms with Crippen molar-refractivity contribution in [3.05, 3.63) is 0 Å². The summed E-state index contributed by atoms with van der Waals surface area (Å²) in [6.45, 7) is 8.68. The molecule has 0 aromatic rings. The fraction of sp³-hybridized carbons (Fsp3) is 0.882. The normalized spacial score (nSPS) is 25.2. The molecule has 2 amide bonds. The van der Waals surface area contributed by atoms with E-state index in [0.717, 1.165) is 58.8 Å². The van der Waals surface area contributed by atoms with Gasteiger partial charge >= 0.3 is 0 Å². The second kappa shape index (κ2) is 7.18. The smallest absolute Gasteiger partial charge is 0.238 e. The van der Waals surface area contributed by atoms with E-state index in [1.54, 1.807) is 0 Å². The summed E-state index contributed by atoms with van der Waals surface area (Å²) in [4.78, 5) is 29.4. The first-order chi connectivity index (χ1) is 11.1. The molecule has 6 heteroatoms. The molecular weight excluding hydrogens is 294 g/mol. The number of ether oxygens (including phenoxy) is 1. The van der Waals surface area contributed by atoms with Gasteiger partial charge in [-0.05, 0) is 31.6 Å². The van der Waals surface area contributed by atoms with Gasteiger partial charge in [0.25, 0.3) is 0 Å². The number of nitrogens with zero attached hydrogens (tertiary/aromatic N) is 2. The van der Waals surface area contributed by atoms with Crippen LogP contribution in [0.1, 0.15) is 32.6 Å². The van der Waals surface area contributed by atoms with E-state index in [4.69, 9.17) is 4.74 Å². The number of carbonyl (C=O) groups is 2. The van der Waals surface area contributed by atoms with Crippen molar-refractivity contribution in [2.45, 2.75) is 32.6 Å². The van der Waals surface area contributed by atoms with Gasteiger partial charge in [-0.3, -0.25) is 14.5 Å². The Morgan fingerprint density at radius 2 is 1.78 bits per heavy atom. The summed E-state index contributed by atoms with van der Waals surface area (Å²) in [5.41, 5.74) is -0.744. The van der Waals surface area contributed by atoms with Crippen LogP contribution in [-0.2, 0) is 14.3 Å². The van der Waals surface area contributed by atoms with Crippen LogP contribution >= 0.6 is 0 Å². The minimum absolute atomic E-state index is 0.0608. The third-order valence-corrected chi connectivity index (χ3v) is 5.48. The van der Waals surface area contributed by atoms with Gasteiger partial charge in [0.2, 0.25) is 11.8 Å². The van der Waals surface area contributed by atoms with Crippen molar-refractivity contribution in [1.29, 1.82) is 0 Å². The number of amides is 2. The van der Waals surface area contributed by atoms with Gasteiger partial charge < -0.3 is 15.0 Å². The first-order valence-corrected chi connectivity index (χ1v) is 8.99. The molecule has 3 rings (SSSR count). The molecule has 0 unspecified atom stereocenters. The van der Waals surface area contributed by atoms with Crippen molar-refractivity contribution in [1.82, 2.24) is 15.1 Å². The molecule has 2 saturated heterocycles. The zero-order valence-electron chi connectivity index (χ0n) is 14.2. The van der Waals surface area contributed by atoms with Crippen molar-refractivity contribution >= 4 is 11.8 Å². The van der Waals surface area contributed by atoms with Gasteiger partial charge in [-0.2, -0.15) is 0 Å². The minimum Gasteiger partial charge on any atom is -0.379 e. The fourth-order valence-corrected chi connectivity index (χ4v) is 3.50. The van der Waals surface area contributed by atoms with Crippen LogP contribution in [-0.4, -0.2) is 74.1 Å². The average Bonchev–Trinajstić information content (AvgIpc) is 3.38. The maximum absolute atomic E-state index is 12.7. The van der Waals surface area contributed by atoms with Crippen LogP contribution in [0.5, 0.6) is 0 Å². The zero-order valence-corrected chi connectivity index (χ0v) is 14.2. The fourth-order valence-electron chi connectivity index (χ4n) is 3.50. The van der Waals surface area contributed by atoms with E-state index in [1.165, 1.54) is 0 Å². The van der Waals surface area contributed by atoms with Gasteiger partial charge in [0.1, 0.15) is 5.41 Å². The summed E-state index contributed by atoms with van der Waals surface area (Å²) in [5, 5.41) is 2.99. The zero-order chi connectivity index (χ0) is 16.3. The molecule has 3 aliphatic rings. The SMILES string of the molecule is CC1CCN(C(=O)C2(C(=O)NCCN3CCOCC3)CC2)CC1. The minimum atomic E-state index is -0.744. The molecule has 0 radical (unpaired) electrons. The van der Waals surface area contributed by atoms with Crippen LogP contribution in [0, 0.1) is 11.3 Å². The van der Waals surface area contributed by atoms with E-state index in [1.807, 2.05) is 4.90 Å². The first-order valence-electron chi connectivity index (χ1n) is 8.99. The van der Waals surface area contributed by atoms with E-state index in [2.05, 4.69) is 17.1 Å². The number of hydrogen-bond donors (Lipinski definition) is 1. The second-order valence-corrected chi connectivity index (χ2v) is 7.27. The van der Waals surface area contributed by atoms with Gasteiger partial charge in [0.15, 0.2) is 0 Å². The van der Waals surface area contributed by atoms with Crippen LogP contribution in [0.4, 0.5) is 0 Å². The summed E-state index contributed by atoms with van der Waals surface area (Å²) < 4.78 is 5.32. The predicted octanol–water partition coefficient (Wildman–Crippen LogP) is 0.474. The summed E-state index contributed by atoms with van der Waals surface area (Å²) >= 11 is 0. The van der Waals surface area contributed by atoms with Gasteiger partial charge in [-0.25, -0.2) is 0 Å². The summed E-state index contributed by atoms with van der Waals surface area (Å²) in [6.07, 6.45) is 3.53. The van der Waals surface area contributed by atoms with Crippen molar-refractivity contribution in [2.24, 2.45) is 11.3 Å². The lowest BCUT2D eigenvalue weighted by molar-refractivity contribution is -0.145. The highest BCUT2D eigenvalue weighted by Crippen LogP contribution is 2.47. The maximum Gasteiger partial charge on any atom is 0.238 e. The molecule has 0 spiro atoms. The Morgan fingerprint density at radius 3 is 2.39 bits per heavy atom. The predicted molar refractivity (Wildman–Crippen MR) is 86.9 cm³/mol. The lowest BCUT2D eigenvalue weighted by atomic mass is 9.96. The van der Waals surface area contributed by atoms with Crippen molar-refractivity contribution in [3.63, 3.8) is 0 Å². The molecule has 0 aromatic carbocycles. The van der Waals surface area contributed by atoms with Crippen LogP contribution in [0.3, 0.4) is 0 Å². The highest BCUT2D eigenvalue weighted by atomic mass is 16.5. The molecule has 0 atom stereocenters. The first kappa shape index (κ1) is 16.7. The van der Waals surface area contributed by atoms with Crippen LogP contribution in [0.2, 0.25) is 0 Å². The number of piperidine rings is 1. The van der Waals surface area contributed by atoms with E-state index < -0.39 is 5.41 Å². The Bertz CT molecular complexity index is 436. The Hall–Kier alpha value is -1.14. The van der Waals surface area contributed by atoms with E-state index in [9.17, 15) is 9.59 Å². The molecule has 1 N–H and O–H groups in total. The molecule has 2 heterocycles. The molecule has 23 heavy (non-hydrogen) atoms. The third-order valence-electron chi connectivity index (χ3n) is 5.48. The van der Waals surface area contributed by atoms with Crippen LogP contribution < -0.4 is 5.32 Å². The maximum atomic E-state index is 12.7. The van der Waals surface area contributed by atoms with Gasteiger partial charge in [0, 0.05) is 39.3 Å². The van der Waals surface area contributed by atoms with Gasteiger partial charge in [-0.1, -0.05) is 6.92 Å². The Labute approximate surface area is 138 Å². The largest absolute Gasteiger partial charge is 0.379 e. The molecule has 0 bridgehead atoms.